The van der Waals surface area contributed by atoms with E-state index >= 15 is 0 Å². The molecule has 1 aliphatic carbocycles. The first-order valence-corrected chi connectivity index (χ1v) is 5.70. The van der Waals surface area contributed by atoms with Gasteiger partial charge >= 0.3 is 0 Å². The van der Waals surface area contributed by atoms with Gasteiger partial charge in [-0.25, -0.2) is 0 Å². The summed E-state index contributed by atoms with van der Waals surface area (Å²) in [5.74, 6) is 0.374. The van der Waals surface area contributed by atoms with Crippen LogP contribution < -0.4 is 0 Å². The highest BCUT2D eigenvalue weighted by Crippen LogP contribution is 2.37. The van der Waals surface area contributed by atoms with Crippen LogP contribution in [0.5, 0.6) is 0 Å². The summed E-state index contributed by atoms with van der Waals surface area (Å²) < 4.78 is 0. The van der Waals surface area contributed by atoms with E-state index in [2.05, 4.69) is 58.0 Å². The first kappa shape index (κ1) is 11.0. The Kier molecular flexibility index (Phi) is 2.39. The summed E-state index contributed by atoms with van der Waals surface area (Å²) in [6, 6.07) is 8.82. The Labute approximate surface area is 97.4 Å². The molecule has 2 rings (SSSR count). The summed E-state index contributed by atoms with van der Waals surface area (Å²) >= 11 is 0. The zero-order chi connectivity index (χ0) is 11.9. The lowest BCUT2D eigenvalue weighted by Crippen LogP contribution is -2.11. The molecule has 0 radical (unpaired) electrons. The van der Waals surface area contributed by atoms with Crippen LogP contribution in [-0.2, 0) is 5.41 Å². The van der Waals surface area contributed by atoms with Crippen LogP contribution >= 0.6 is 0 Å². The van der Waals surface area contributed by atoms with Gasteiger partial charge < -0.3 is 0 Å². The molecule has 0 N–H and O–H groups in total. The number of nitrogens with zero attached hydrogens (tertiary/aromatic N) is 1. The van der Waals surface area contributed by atoms with Crippen LogP contribution in [0.25, 0.3) is 5.57 Å². The van der Waals surface area contributed by atoms with Crippen molar-refractivity contribution in [1.29, 1.82) is 5.26 Å². The summed E-state index contributed by atoms with van der Waals surface area (Å²) in [5.41, 5.74) is 4.67. The minimum absolute atomic E-state index is 0.140. The highest BCUT2D eigenvalue weighted by Gasteiger charge is 2.22. The van der Waals surface area contributed by atoms with Crippen LogP contribution in [0.4, 0.5) is 0 Å². The number of benzene rings is 1. The molecule has 0 spiro atoms. The van der Waals surface area contributed by atoms with Crippen molar-refractivity contribution in [3.8, 4) is 6.07 Å². The molecule has 16 heavy (non-hydrogen) atoms. The molecule has 1 heteroatoms. The van der Waals surface area contributed by atoms with Gasteiger partial charge in [-0.05, 0) is 28.2 Å². The standard InChI is InChI=1S/C15H17N/c1-10-7-11(9-16)14-8-12(15(2,3)4)5-6-13(10)14/h5-8,10H,1-4H3. The Bertz CT molecular complexity index is 495. The highest BCUT2D eigenvalue weighted by molar-refractivity contribution is 5.83. The monoisotopic (exact) mass is 211 g/mol. The SMILES string of the molecule is CC1C=C(C#N)c2cc(C(C)(C)C)ccc21. The molecule has 0 bridgehead atoms. The van der Waals surface area contributed by atoms with Crippen molar-refractivity contribution in [2.45, 2.75) is 39.0 Å². The fourth-order valence-corrected chi connectivity index (χ4v) is 2.18. The Morgan fingerprint density at radius 2 is 1.94 bits per heavy atom. The molecule has 1 aromatic rings. The molecule has 0 saturated heterocycles. The van der Waals surface area contributed by atoms with Gasteiger partial charge in [0, 0.05) is 5.92 Å². The molecule has 0 saturated carbocycles. The summed E-state index contributed by atoms with van der Waals surface area (Å²) in [6.45, 7) is 8.73. The van der Waals surface area contributed by atoms with Gasteiger partial charge in [0.1, 0.15) is 0 Å². The second-order valence-corrected chi connectivity index (χ2v) is 5.53. The van der Waals surface area contributed by atoms with Crippen molar-refractivity contribution >= 4 is 5.57 Å². The van der Waals surface area contributed by atoms with Gasteiger partial charge in [-0.15, -0.1) is 0 Å². The molecule has 1 aromatic carbocycles. The van der Waals surface area contributed by atoms with Crippen molar-refractivity contribution in [1.82, 2.24) is 0 Å². The largest absolute Gasteiger partial charge is 0.192 e. The van der Waals surface area contributed by atoms with Crippen LogP contribution in [0, 0.1) is 11.3 Å². The molecule has 1 nitrogen and oxygen atoms in total. The second-order valence-electron chi connectivity index (χ2n) is 5.53. The van der Waals surface area contributed by atoms with E-state index in [4.69, 9.17) is 5.26 Å². The maximum atomic E-state index is 9.11. The third kappa shape index (κ3) is 1.65. The normalized spacial score (nSPS) is 18.9. The lowest BCUT2D eigenvalue weighted by atomic mass is 9.84. The predicted molar refractivity (Wildman–Crippen MR) is 67.1 cm³/mol. The summed E-state index contributed by atoms with van der Waals surface area (Å²) in [5, 5.41) is 9.11. The van der Waals surface area contributed by atoms with Gasteiger partial charge in [-0.1, -0.05) is 45.9 Å². The van der Waals surface area contributed by atoms with Gasteiger partial charge in [0.2, 0.25) is 0 Å². The lowest BCUT2D eigenvalue weighted by molar-refractivity contribution is 0.590. The Hall–Kier alpha value is -1.55. The number of nitriles is 1. The second kappa shape index (κ2) is 3.49. The van der Waals surface area contributed by atoms with E-state index in [1.807, 2.05) is 0 Å². The van der Waals surface area contributed by atoms with E-state index in [1.165, 1.54) is 11.1 Å². The van der Waals surface area contributed by atoms with E-state index in [-0.39, 0.29) is 5.41 Å². The number of hydrogen-bond acceptors (Lipinski definition) is 1. The first-order valence-electron chi connectivity index (χ1n) is 5.70. The number of fused-ring (bicyclic) bond motifs is 1. The third-order valence-electron chi connectivity index (χ3n) is 3.24. The topological polar surface area (TPSA) is 23.8 Å². The van der Waals surface area contributed by atoms with Crippen LogP contribution in [0.3, 0.4) is 0 Å². The Morgan fingerprint density at radius 3 is 2.50 bits per heavy atom. The van der Waals surface area contributed by atoms with Crippen molar-refractivity contribution in [3.63, 3.8) is 0 Å². The lowest BCUT2D eigenvalue weighted by Gasteiger charge is -2.20. The zero-order valence-corrected chi connectivity index (χ0v) is 10.3. The van der Waals surface area contributed by atoms with Gasteiger partial charge in [-0.2, -0.15) is 5.26 Å². The number of allylic oxidation sites excluding steroid dienone is 2. The van der Waals surface area contributed by atoms with E-state index in [9.17, 15) is 0 Å². The fourth-order valence-electron chi connectivity index (χ4n) is 2.18. The van der Waals surface area contributed by atoms with Crippen molar-refractivity contribution in [3.05, 3.63) is 41.0 Å². The van der Waals surface area contributed by atoms with Crippen molar-refractivity contribution in [2.75, 3.05) is 0 Å². The van der Waals surface area contributed by atoms with Gasteiger partial charge in [0.15, 0.2) is 0 Å². The molecule has 0 heterocycles. The molecule has 0 amide bonds. The van der Waals surface area contributed by atoms with Crippen LogP contribution in [0.1, 0.15) is 50.3 Å². The average Bonchev–Trinajstić information content (AvgIpc) is 2.54. The maximum absolute atomic E-state index is 9.11. The number of rotatable bonds is 0. The van der Waals surface area contributed by atoms with Gasteiger partial charge in [0.05, 0.1) is 11.6 Å². The van der Waals surface area contributed by atoms with Crippen LogP contribution in [0.2, 0.25) is 0 Å². The fraction of sp³-hybridized carbons (Fsp3) is 0.400. The molecule has 0 aliphatic heterocycles. The molecular weight excluding hydrogens is 194 g/mol. The minimum atomic E-state index is 0.140. The summed E-state index contributed by atoms with van der Waals surface area (Å²) in [7, 11) is 0. The highest BCUT2D eigenvalue weighted by atomic mass is 14.3. The summed E-state index contributed by atoms with van der Waals surface area (Å²) in [4.78, 5) is 0. The molecule has 1 unspecified atom stereocenters. The first-order chi connectivity index (χ1) is 7.43. The van der Waals surface area contributed by atoms with E-state index in [0.717, 1.165) is 11.1 Å². The molecule has 1 aliphatic rings. The third-order valence-corrected chi connectivity index (χ3v) is 3.24. The van der Waals surface area contributed by atoms with E-state index < -0.39 is 0 Å². The minimum Gasteiger partial charge on any atom is -0.192 e. The van der Waals surface area contributed by atoms with Crippen molar-refractivity contribution in [2.24, 2.45) is 0 Å². The maximum Gasteiger partial charge on any atom is 0.0994 e. The average molecular weight is 211 g/mol. The molecule has 1 atom stereocenters. The molecule has 82 valence electrons. The quantitative estimate of drug-likeness (QED) is 0.636. The van der Waals surface area contributed by atoms with Crippen LogP contribution in [0.15, 0.2) is 24.3 Å². The number of hydrogen-bond donors (Lipinski definition) is 0. The molecule has 0 fully saturated rings. The van der Waals surface area contributed by atoms with Crippen LogP contribution in [-0.4, -0.2) is 0 Å². The Balaban J connectivity index is 2.57. The Morgan fingerprint density at radius 1 is 1.25 bits per heavy atom. The van der Waals surface area contributed by atoms with E-state index in [0.29, 0.717) is 5.92 Å². The smallest absolute Gasteiger partial charge is 0.0994 e. The predicted octanol–water partition coefficient (Wildman–Crippen LogP) is 4.01. The van der Waals surface area contributed by atoms with Crippen molar-refractivity contribution < 1.29 is 0 Å². The molecule has 0 aromatic heterocycles. The van der Waals surface area contributed by atoms with E-state index in [1.54, 1.807) is 0 Å². The van der Waals surface area contributed by atoms with Gasteiger partial charge in [-0.3, -0.25) is 0 Å². The van der Waals surface area contributed by atoms with Gasteiger partial charge in [0.25, 0.3) is 0 Å². The summed E-state index contributed by atoms with van der Waals surface area (Å²) in [6.07, 6.45) is 2.05. The zero-order valence-electron chi connectivity index (χ0n) is 10.3. The molecular formula is C15H17N.